The Morgan fingerprint density at radius 2 is 0.786 bits per heavy atom. The maximum Gasteiger partial charge on any atom is 0.110 e. The molecule has 4 unspecified atom stereocenters. The van der Waals surface area contributed by atoms with E-state index < -0.39 is 0 Å². The van der Waals surface area contributed by atoms with Crippen LogP contribution in [0, 0.1) is 23.7 Å². The first-order chi connectivity index (χ1) is 6.58. The lowest BCUT2D eigenvalue weighted by molar-refractivity contribution is 0.486. The zero-order valence-electron chi connectivity index (χ0n) is 10.3. The molecule has 2 fully saturated rings. The zero-order valence-corrected chi connectivity index (χ0v) is 10.3. The molecule has 0 amide bonds. The van der Waals surface area contributed by atoms with E-state index in [1.165, 1.54) is 25.3 Å². The fourth-order valence-corrected chi connectivity index (χ4v) is 3.80. The lowest BCUT2D eigenvalue weighted by Crippen LogP contribution is -2.30. The van der Waals surface area contributed by atoms with Gasteiger partial charge in [-0.3, -0.25) is 0 Å². The summed E-state index contributed by atoms with van der Waals surface area (Å²) in [5.74, 6) is 3.97. The first-order valence-electron chi connectivity index (χ1n) is 6.58. The van der Waals surface area contributed by atoms with Crippen molar-refractivity contribution in [3.8, 4) is 0 Å². The van der Waals surface area contributed by atoms with Crippen LogP contribution in [0.2, 0.25) is 25.3 Å². The molecule has 0 spiro atoms. The highest BCUT2D eigenvalue weighted by atomic mass is 14.2. The van der Waals surface area contributed by atoms with Crippen molar-refractivity contribution in [2.24, 2.45) is 23.7 Å². The van der Waals surface area contributed by atoms with E-state index in [4.69, 9.17) is 0 Å². The van der Waals surface area contributed by atoms with Gasteiger partial charge in [-0.25, -0.2) is 0 Å². The smallest absolute Gasteiger partial charge is 0.0776 e. The van der Waals surface area contributed by atoms with Gasteiger partial charge in [-0.2, -0.15) is 0 Å². The molecule has 0 bridgehead atoms. The molecule has 2 heterocycles. The summed E-state index contributed by atoms with van der Waals surface area (Å²) in [6.45, 7) is 12.0. The molecule has 0 aliphatic carbocycles. The summed E-state index contributed by atoms with van der Waals surface area (Å²) < 4.78 is 0. The first kappa shape index (κ1) is 10.6. The van der Waals surface area contributed by atoms with Crippen LogP contribution in [0.25, 0.3) is 0 Å². The van der Waals surface area contributed by atoms with Crippen LogP contribution in [0.15, 0.2) is 0 Å². The summed E-state index contributed by atoms with van der Waals surface area (Å²) >= 11 is 0. The van der Waals surface area contributed by atoms with Crippen molar-refractivity contribution >= 4 is 13.2 Å². The van der Waals surface area contributed by atoms with Gasteiger partial charge in [-0.1, -0.05) is 53.0 Å². The molecule has 2 saturated heterocycles. The second-order valence-corrected chi connectivity index (χ2v) is 6.37. The Bertz CT molecular complexity index is 162. The van der Waals surface area contributed by atoms with E-state index in [9.17, 15) is 0 Å². The van der Waals surface area contributed by atoms with Gasteiger partial charge in [-0.05, 0) is 23.7 Å². The molecule has 0 saturated carbocycles. The topological polar surface area (TPSA) is 0 Å². The van der Waals surface area contributed by atoms with Crippen molar-refractivity contribution < 1.29 is 0 Å². The van der Waals surface area contributed by atoms with Gasteiger partial charge < -0.3 is 0 Å². The highest BCUT2D eigenvalue weighted by Crippen LogP contribution is 2.40. The predicted octanol–water partition coefficient (Wildman–Crippen LogP) is 3.63. The van der Waals surface area contributed by atoms with E-state index in [0.717, 1.165) is 36.9 Å². The van der Waals surface area contributed by atoms with E-state index >= 15 is 0 Å². The van der Waals surface area contributed by atoms with Crippen molar-refractivity contribution in [3.05, 3.63) is 0 Å². The van der Waals surface area contributed by atoms with Gasteiger partial charge in [0.15, 0.2) is 0 Å². The van der Waals surface area contributed by atoms with Gasteiger partial charge in [0.2, 0.25) is 0 Å². The van der Waals surface area contributed by atoms with Gasteiger partial charge in [0.1, 0.15) is 13.2 Å². The van der Waals surface area contributed by atoms with Crippen molar-refractivity contribution in [3.63, 3.8) is 0 Å². The molecule has 0 aromatic carbocycles. The van der Waals surface area contributed by atoms with Crippen LogP contribution in [0.3, 0.4) is 0 Å². The van der Waals surface area contributed by atoms with Crippen LogP contribution in [-0.4, -0.2) is 13.2 Å². The normalized spacial score (nSPS) is 43.7. The summed E-state index contributed by atoms with van der Waals surface area (Å²) in [4.78, 5) is 0. The Labute approximate surface area is 90.4 Å². The summed E-state index contributed by atoms with van der Waals surface area (Å²) in [7, 11) is 0. The van der Waals surface area contributed by atoms with Crippen LogP contribution in [-0.2, 0) is 0 Å². The van der Waals surface area contributed by atoms with Gasteiger partial charge in [0, 0.05) is 0 Å². The second-order valence-electron chi connectivity index (χ2n) is 6.37. The molecule has 0 aromatic rings. The molecule has 0 nitrogen and oxygen atoms in total. The van der Waals surface area contributed by atoms with E-state index in [2.05, 4.69) is 27.7 Å². The van der Waals surface area contributed by atoms with Crippen molar-refractivity contribution in [1.29, 1.82) is 0 Å². The summed E-state index contributed by atoms with van der Waals surface area (Å²) in [5.41, 5.74) is 0. The Morgan fingerprint density at radius 3 is 1.00 bits per heavy atom. The molecule has 2 heteroatoms. The zero-order chi connectivity index (χ0) is 10.3. The SMILES string of the molecule is CC1CB(B2CC(C)C(C)C2)CC1C. The minimum atomic E-state index is 0.992. The number of hydrogen-bond donors (Lipinski definition) is 0. The van der Waals surface area contributed by atoms with Crippen LogP contribution < -0.4 is 0 Å². The van der Waals surface area contributed by atoms with Gasteiger partial charge in [-0.15, -0.1) is 0 Å². The van der Waals surface area contributed by atoms with Crippen LogP contribution in [0.5, 0.6) is 0 Å². The Kier molecular flexibility index (Phi) is 3.00. The van der Waals surface area contributed by atoms with Crippen molar-refractivity contribution in [2.75, 3.05) is 0 Å². The van der Waals surface area contributed by atoms with E-state index in [0.29, 0.717) is 0 Å². The van der Waals surface area contributed by atoms with E-state index in [-0.39, 0.29) is 0 Å². The Balaban J connectivity index is 1.92. The maximum atomic E-state index is 2.45. The Hall–Kier alpha value is 0.130. The minimum absolute atomic E-state index is 0.992. The highest BCUT2D eigenvalue weighted by molar-refractivity contribution is 7.23. The van der Waals surface area contributed by atoms with Gasteiger partial charge in [0.25, 0.3) is 0 Å². The molecule has 2 rings (SSSR count). The molecular formula is C12H24B2. The van der Waals surface area contributed by atoms with Crippen molar-refractivity contribution in [1.82, 2.24) is 0 Å². The number of hydrogen-bond acceptors (Lipinski definition) is 0. The van der Waals surface area contributed by atoms with Gasteiger partial charge >= 0.3 is 0 Å². The molecule has 4 atom stereocenters. The third-order valence-corrected chi connectivity index (χ3v) is 5.31. The first-order valence-corrected chi connectivity index (χ1v) is 6.58. The molecule has 2 aliphatic heterocycles. The quantitative estimate of drug-likeness (QED) is 0.553. The standard InChI is InChI=1S/C12H24B2/c1-9-5-13(6-10(9)2)14-7-11(3)12(4)8-14/h9-12H,5-8H2,1-4H3. The third-order valence-electron chi connectivity index (χ3n) is 5.31. The lowest BCUT2D eigenvalue weighted by atomic mass is 9.06. The lowest BCUT2D eigenvalue weighted by Gasteiger charge is -2.11. The van der Waals surface area contributed by atoms with Crippen LogP contribution in [0.1, 0.15) is 27.7 Å². The molecule has 2 aliphatic rings. The van der Waals surface area contributed by atoms with Crippen LogP contribution >= 0.6 is 0 Å². The average molecular weight is 190 g/mol. The van der Waals surface area contributed by atoms with Crippen LogP contribution in [0.4, 0.5) is 0 Å². The maximum absolute atomic E-state index is 2.45. The number of rotatable bonds is 1. The third kappa shape index (κ3) is 1.90. The molecule has 78 valence electrons. The van der Waals surface area contributed by atoms with Gasteiger partial charge in [0.05, 0.1) is 0 Å². The summed E-state index contributed by atoms with van der Waals surface area (Å²) in [5, 5.41) is 0. The molecule has 0 N–H and O–H groups in total. The average Bonchev–Trinajstić information content (AvgIpc) is 2.60. The highest BCUT2D eigenvalue weighted by Gasteiger charge is 2.42. The molecule has 14 heavy (non-hydrogen) atoms. The van der Waals surface area contributed by atoms with Crippen molar-refractivity contribution in [2.45, 2.75) is 53.0 Å². The minimum Gasteiger partial charge on any atom is -0.0776 e. The summed E-state index contributed by atoms with van der Waals surface area (Å²) in [6.07, 6.45) is 6.08. The monoisotopic (exact) mass is 190 g/mol. The predicted molar refractivity (Wildman–Crippen MR) is 67.4 cm³/mol. The molecular weight excluding hydrogens is 166 g/mol. The fraction of sp³-hybridized carbons (Fsp3) is 1.00. The fourth-order valence-electron chi connectivity index (χ4n) is 3.80. The largest absolute Gasteiger partial charge is 0.110 e. The Morgan fingerprint density at radius 1 is 0.571 bits per heavy atom. The summed E-state index contributed by atoms with van der Waals surface area (Å²) in [6, 6.07) is 0. The molecule has 0 radical (unpaired) electrons. The van der Waals surface area contributed by atoms with E-state index in [1.54, 1.807) is 0 Å². The van der Waals surface area contributed by atoms with E-state index in [1.807, 2.05) is 0 Å². The second kappa shape index (κ2) is 3.94. The molecule has 0 aromatic heterocycles.